The number of rotatable bonds is 2. The van der Waals surface area contributed by atoms with E-state index < -0.39 is 0 Å². The summed E-state index contributed by atoms with van der Waals surface area (Å²) in [6.45, 7) is 0.625. The number of pyridine rings is 1. The molecule has 0 aliphatic carbocycles. The minimum atomic E-state index is -0.187. The molecule has 0 bridgehead atoms. The van der Waals surface area contributed by atoms with Gasteiger partial charge in [-0.1, -0.05) is 6.07 Å². The van der Waals surface area contributed by atoms with Crippen molar-refractivity contribution < 1.29 is 9.53 Å². The number of aromatic nitrogens is 2. The fourth-order valence-corrected chi connectivity index (χ4v) is 3.01. The molecule has 3 aromatic rings. The van der Waals surface area contributed by atoms with Gasteiger partial charge in [-0.05, 0) is 37.1 Å². The molecule has 1 aromatic carbocycles. The maximum atomic E-state index is 12.6. The molecule has 6 heteroatoms. The molecule has 0 spiro atoms. The Morgan fingerprint density at radius 3 is 3.17 bits per heavy atom. The molecule has 1 aliphatic rings. The third-order valence-corrected chi connectivity index (χ3v) is 4.30. The average molecular weight is 322 g/mol. The number of anilines is 1. The van der Waals surface area contributed by atoms with Crippen molar-refractivity contribution >= 4 is 22.6 Å². The molecule has 0 radical (unpaired) electrons. The number of hydrogen-bond donors (Lipinski definition) is 3. The zero-order valence-corrected chi connectivity index (χ0v) is 13.1. The Balaban J connectivity index is 1.63. The zero-order chi connectivity index (χ0) is 16.5. The van der Waals surface area contributed by atoms with Crippen LogP contribution in [0.1, 0.15) is 34.8 Å². The summed E-state index contributed by atoms with van der Waals surface area (Å²) in [5, 5.41) is 3.81. The number of nitrogens with zero attached hydrogens (tertiary/aromatic N) is 1. The Kier molecular flexibility index (Phi) is 3.66. The van der Waals surface area contributed by atoms with Crippen LogP contribution in [0.25, 0.3) is 11.0 Å². The monoisotopic (exact) mass is 322 g/mol. The van der Waals surface area contributed by atoms with Gasteiger partial charge in [0.25, 0.3) is 5.91 Å². The van der Waals surface area contributed by atoms with Gasteiger partial charge in [-0.15, -0.1) is 0 Å². The van der Waals surface area contributed by atoms with Gasteiger partial charge in [-0.25, -0.2) is 4.98 Å². The van der Waals surface area contributed by atoms with Gasteiger partial charge in [0.15, 0.2) is 0 Å². The van der Waals surface area contributed by atoms with Crippen molar-refractivity contribution in [2.45, 2.75) is 18.9 Å². The molecular weight excluding hydrogens is 304 g/mol. The number of fused-ring (bicyclic) bond motifs is 2. The van der Waals surface area contributed by atoms with Gasteiger partial charge in [-0.2, -0.15) is 0 Å². The predicted molar refractivity (Wildman–Crippen MR) is 92.1 cm³/mol. The van der Waals surface area contributed by atoms with Crippen LogP contribution in [0.3, 0.4) is 0 Å². The van der Waals surface area contributed by atoms with E-state index in [1.165, 1.54) is 0 Å². The van der Waals surface area contributed by atoms with E-state index in [9.17, 15) is 4.79 Å². The predicted octanol–water partition coefficient (Wildman–Crippen LogP) is 2.99. The van der Waals surface area contributed by atoms with E-state index in [1.54, 1.807) is 30.6 Å². The van der Waals surface area contributed by atoms with E-state index in [0.717, 1.165) is 35.1 Å². The zero-order valence-electron chi connectivity index (χ0n) is 13.1. The summed E-state index contributed by atoms with van der Waals surface area (Å²) in [7, 11) is 0. The van der Waals surface area contributed by atoms with Crippen LogP contribution in [-0.2, 0) is 0 Å². The Hall–Kier alpha value is -2.86. The summed E-state index contributed by atoms with van der Waals surface area (Å²) in [5.41, 5.74) is 9.12. The molecule has 4 N–H and O–H groups in total. The number of carbonyl (C=O) groups is 1. The first kappa shape index (κ1) is 14.7. The summed E-state index contributed by atoms with van der Waals surface area (Å²) in [6.07, 6.45) is 5.26. The normalized spacial score (nSPS) is 17.0. The van der Waals surface area contributed by atoms with E-state index in [-0.39, 0.29) is 11.9 Å². The standard InChI is InChI=1S/C18H18N4O2/c19-14-2-1-9-24-16-10-11(3-4-12(14)16)18(23)22-15-6-8-21-17-13(15)5-7-20-17/h3-8,10,14H,1-2,9,19H2,(H2,20,21,22,23)/t14-/m0/s1. The lowest BCUT2D eigenvalue weighted by Crippen LogP contribution is -2.14. The van der Waals surface area contributed by atoms with Crippen LogP contribution in [-0.4, -0.2) is 22.5 Å². The third kappa shape index (κ3) is 2.61. The highest BCUT2D eigenvalue weighted by molar-refractivity contribution is 6.08. The topological polar surface area (TPSA) is 93.0 Å². The largest absolute Gasteiger partial charge is 0.493 e. The first-order chi connectivity index (χ1) is 11.7. The van der Waals surface area contributed by atoms with Gasteiger partial charge in [0.05, 0.1) is 12.3 Å². The van der Waals surface area contributed by atoms with Crippen molar-refractivity contribution in [2.75, 3.05) is 11.9 Å². The smallest absolute Gasteiger partial charge is 0.255 e. The van der Waals surface area contributed by atoms with Crippen molar-refractivity contribution in [3.63, 3.8) is 0 Å². The van der Waals surface area contributed by atoms with E-state index in [2.05, 4.69) is 15.3 Å². The van der Waals surface area contributed by atoms with Crippen LogP contribution in [0, 0.1) is 0 Å². The molecule has 2 aromatic heterocycles. The highest BCUT2D eigenvalue weighted by Crippen LogP contribution is 2.31. The Labute approximate surface area is 139 Å². The molecule has 0 saturated carbocycles. The van der Waals surface area contributed by atoms with Crippen LogP contribution in [0.4, 0.5) is 5.69 Å². The van der Waals surface area contributed by atoms with Crippen LogP contribution in [0.5, 0.6) is 5.75 Å². The Bertz CT molecular complexity index is 903. The van der Waals surface area contributed by atoms with Crippen LogP contribution in [0.2, 0.25) is 0 Å². The second-order valence-corrected chi connectivity index (χ2v) is 5.90. The maximum absolute atomic E-state index is 12.6. The molecule has 122 valence electrons. The van der Waals surface area contributed by atoms with Crippen molar-refractivity contribution in [3.05, 3.63) is 53.9 Å². The quantitative estimate of drug-likeness (QED) is 0.676. The molecule has 4 rings (SSSR count). The number of nitrogens with one attached hydrogen (secondary N) is 2. The molecule has 24 heavy (non-hydrogen) atoms. The first-order valence-electron chi connectivity index (χ1n) is 7.98. The number of benzene rings is 1. The minimum absolute atomic E-state index is 0.0423. The lowest BCUT2D eigenvalue weighted by molar-refractivity contribution is 0.102. The molecule has 3 heterocycles. The van der Waals surface area contributed by atoms with Gasteiger partial charge in [0.2, 0.25) is 0 Å². The molecule has 0 saturated heterocycles. The highest BCUT2D eigenvalue weighted by Gasteiger charge is 2.18. The molecule has 0 fully saturated rings. The summed E-state index contributed by atoms with van der Waals surface area (Å²) in [4.78, 5) is 19.9. The number of H-pyrrole nitrogens is 1. The summed E-state index contributed by atoms with van der Waals surface area (Å²) in [6, 6.07) is 9.07. The fraction of sp³-hybridized carbons (Fsp3) is 0.222. The number of ether oxygens (including phenoxy) is 1. The summed E-state index contributed by atoms with van der Waals surface area (Å²) in [5.74, 6) is 0.516. The molecule has 6 nitrogen and oxygen atoms in total. The molecular formula is C18H18N4O2. The van der Waals surface area contributed by atoms with Crippen LogP contribution < -0.4 is 15.8 Å². The maximum Gasteiger partial charge on any atom is 0.255 e. The Morgan fingerprint density at radius 2 is 2.25 bits per heavy atom. The molecule has 1 aliphatic heterocycles. The SMILES string of the molecule is N[C@H]1CCCOc2cc(C(=O)Nc3ccnc4[nH]ccc34)ccc21. The van der Waals surface area contributed by atoms with Gasteiger partial charge in [0, 0.05) is 34.9 Å². The second kappa shape index (κ2) is 5.98. The fourth-order valence-electron chi connectivity index (χ4n) is 3.01. The van der Waals surface area contributed by atoms with Crippen molar-refractivity contribution in [1.29, 1.82) is 0 Å². The van der Waals surface area contributed by atoms with Crippen molar-refractivity contribution in [3.8, 4) is 5.75 Å². The van der Waals surface area contributed by atoms with Crippen LogP contribution in [0.15, 0.2) is 42.7 Å². The van der Waals surface area contributed by atoms with Gasteiger partial charge >= 0.3 is 0 Å². The van der Waals surface area contributed by atoms with Crippen molar-refractivity contribution in [2.24, 2.45) is 5.73 Å². The summed E-state index contributed by atoms with van der Waals surface area (Å²) < 4.78 is 5.74. The van der Waals surface area contributed by atoms with E-state index in [0.29, 0.717) is 17.9 Å². The number of hydrogen-bond acceptors (Lipinski definition) is 4. The number of aromatic amines is 1. The number of nitrogens with two attached hydrogens (primary N) is 1. The van der Waals surface area contributed by atoms with E-state index in [4.69, 9.17) is 10.5 Å². The highest BCUT2D eigenvalue weighted by atomic mass is 16.5. The average Bonchev–Trinajstić information content (AvgIpc) is 3.00. The first-order valence-corrected chi connectivity index (χ1v) is 7.98. The molecule has 1 amide bonds. The van der Waals surface area contributed by atoms with Gasteiger partial charge < -0.3 is 20.8 Å². The van der Waals surface area contributed by atoms with Crippen LogP contribution >= 0.6 is 0 Å². The molecule has 0 unspecified atom stereocenters. The molecule has 1 atom stereocenters. The lowest BCUT2D eigenvalue weighted by atomic mass is 10.0. The lowest BCUT2D eigenvalue weighted by Gasteiger charge is -2.13. The Morgan fingerprint density at radius 1 is 1.33 bits per heavy atom. The van der Waals surface area contributed by atoms with Gasteiger partial charge in [-0.3, -0.25) is 4.79 Å². The number of carbonyl (C=O) groups excluding carboxylic acids is 1. The summed E-state index contributed by atoms with van der Waals surface area (Å²) >= 11 is 0. The number of amides is 1. The minimum Gasteiger partial charge on any atom is -0.493 e. The third-order valence-electron chi connectivity index (χ3n) is 4.30. The second-order valence-electron chi connectivity index (χ2n) is 5.90. The van der Waals surface area contributed by atoms with E-state index >= 15 is 0 Å². The van der Waals surface area contributed by atoms with Gasteiger partial charge in [0.1, 0.15) is 11.4 Å². The van der Waals surface area contributed by atoms with Crippen molar-refractivity contribution in [1.82, 2.24) is 9.97 Å². The van der Waals surface area contributed by atoms with E-state index in [1.807, 2.05) is 12.1 Å².